The summed E-state index contributed by atoms with van der Waals surface area (Å²) >= 11 is 0. The van der Waals surface area contributed by atoms with Gasteiger partial charge in [-0.05, 0) is 25.0 Å². The highest BCUT2D eigenvalue weighted by atomic mass is 16.2. The van der Waals surface area contributed by atoms with Gasteiger partial charge in [0, 0.05) is 31.9 Å². The Labute approximate surface area is 124 Å². The molecule has 2 amide bonds. The number of aromatic nitrogens is 1. The van der Waals surface area contributed by atoms with Gasteiger partial charge in [0.25, 0.3) is 0 Å². The molecule has 2 rings (SSSR count). The zero-order chi connectivity index (χ0) is 15.1. The van der Waals surface area contributed by atoms with Crippen molar-refractivity contribution in [3.8, 4) is 6.07 Å². The first-order chi connectivity index (χ1) is 10.2. The summed E-state index contributed by atoms with van der Waals surface area (Å²) in [5.41, 5.74) is 0.564. The number of piperidine rings is 1. The van der Waals surface area contributed by atoms with E-state index in [0.717, 1.165) is 31.7 Å². The third-order valence-corrected chi connectivity index (χ3v) is 3.44. The standard InChI is InChI=1S/C15H19N5O/c1-2-7-17-15(21)19-13-5-8-20(9-6-13)14-4-3-12(10-16)11-18-14/h2-4,11,13H,1,5-9H2,(H2,17,19,21). The predicted octanol–water partition coefficient (Wildman–Crippen LogP) is 1.41. The Morgan fingerprint density at radius 1 is 1.52 bits per heavy atom. The molecular formula is C15H19N5O. The Hall–Kier alpha value is -2.55. The van der Waals surface area contributed by atoms with Crippen molar-refractivity contribution in [1.29, 1.82) is 5.26 Å². The van der Waals surface area contributed by atoms with Crippen molar-refractivity contribution >= 4 is 11.8 Å². The topological polar surface area (TPSA) is 81.0 Å². The molecule has 0 unspecified atom stereocenters. The fourth-order valence-corrected chi connectivity index (χ4v) is 2.29. The largest absolute Gasteiger partial charge is 0.356 e. The molecule has 0 bridgehead atoms. The summed E-state index contributed by atoms with van der Waals surface area (Å²) in [6.07, 6.45) is 4.99. The van der Waals surface area contributed by atoms with Crippen LogP contribution in [0.25, 0.3) is 0 Å². The molecular weight excluding hydrogens is 266 g/mol. The van der Waals surface area contributed by atoms with E-state index in [0.29, 0.717) is 12.1 Å². The van der Waals surface area contributed by atoms with Gasteiger partial charge in [-0.15, -0.1) is 6.58 Å². The minimum absolute atomic E-state index is 0.148. The van der Waals surface area contributed by atoms with Crippen molar-refractivity contribution in [1.82, 2.24) is 15.6 Å². The van der Waals surface area contributed by atoms with Crippen molar-refractivity contribution in [2.24, 2.45) is 0 Å². The van der Waals surface area contributed by atoms with E-state index >= 15 is 0 Å². The predicted molar refractivity (Wildman–Crippen MR) is 80.9 cm³/mol. The lowest BCUT2D eigenvalue weighted by atomic mass is 10.1. The van der Waals surface area contributed by atoms with Crippen molar-refractivity contribution in [2.75, 3.05) is 24.5 Å². The highest BCUT2D eigenvalue weighted by Gasteiger charge is 2.21. The molecule has 0 spiro atoms. The highest BCUT2D eigenvalue weighted by molar-refractivity contribution is 5.74. The van der Waals surface area contributed by atoms with Gasteiger partial charge in [-0.3, -0.25) is 0 Å². The number of hydrogen-bond donors (Lipinski definition) is 2. The smallest absolute Gasteiger partial charge is 0.315 e. The van der Waals surface area contributed by atoms with E-state index in [9.17, 15) is 4.79 Å². The normalized spacial score (nSPS) is 15.1. The maximum Gasteiger partial charge on any atom is 0.315 e. The van der Waals surface area contributed by atoms with Crippen LogP contribution in [0, 0.1) is 11.3 Å². The zero-order valence-corrected chi connectivity index (χ0v) is 11.9. The van der Waals surface area contributed by atoms with Crippen LogP contribution in [0.15, 0.2) is 31.0 Å². The van der Waals surface area contributed by atoms with Gasteiger partial charge in [0.2, 0.25) is 0 Å². The lowest BCUT2D eigenvalue weighted by molar-refractivity contribution is 0.235. The fourth-order valence-electron chi connectivity index (χ4n) is 2.29. The summed E-state index contributed by atoms with van der Waals surface area (Å²) in [7, 11) is 0. The first kappa shape index (κ1) is 14.9. The second kappa shape index (κ2) is 7.29. The molecule has 1 saturated heterocycles. The van der Waals surface area contributed by atoms with Crippen molar-refractivity contribution in [2.45, 2.75) is 18.9 Å². The van der Waals surface area contributed by atoms with Gasteiger partial charge in [0.05, 0.1) is 5.56 Å². The minimum atomic E-state index is -0.148. The molecule has 21 heavy (non-hydrogen) atoms. The summed E-state index contributed by atoms with van der Waals surface area (Å²) in [5, 5.41) is 14.4. The summed E-state index contributed by atoms with van der Waals surface area (Å²) in [6.45, 7) is 5.71. The third kappa shape index (κ3) is 4.21. The highest BCUT2D eigenvalue weighted by Crippen LogP contribution is 2.17. The number of nitrogens with zero attached hydrogens (tertiary/aromatic N) is 3. The van der Waals surface area contributed by atoms with E-state index in [2.05, 4.69) is 33.2 Å². The Balaban J connectivity index is 1.81. The summed E-state index contributed by atoms with van der Waals surface area (Å²) in [6, 6.07) is 5.73. The van der Waals surface area contributed by atoms with E-state index in [1.54, 1.807) is 18.3 Å². The molecule has 110 valence electrons. The van der Waals surface area contributed by atoms with Crippen LogP contribution in [0.1, 0.15) is 18.4 Å². The van der Waals surface area contributed by atoms with Gasteiger partial charge in [-0.1, -0.05) is 6.08 Å². The fraction of sp³-hybridized carbons (Fsp3) is 0.400. The first-order valence-electron chi connectivity index (χ1n) is 6.99. The number of anilines is 1. The lowest BCUT2D eigenvalue weighted by Gasteiger charge is -2.33. The molecule has 1 aliphatic heterocycles. The first-order valence-corrected chi connectivity index (χ1v) is 6.99. The molecule has 1 aromatic heterocycles. The van der Waals surface area contributed by atoms with Gasteiger partial charge in [-0.25, -0.2) is 9.78 Å². The molecule has 6 nitrogen and oxygen atoms in total. The molecule has 1 aromatic rings. The molecule has 0 aromatic carbocycles. The Kier molecular flexibility index (Phi) is 5.16. The zero-order valence-electron chi connectivity index (χ0n) is 11.9. The van der Waals surface area contributed by atoms with Crippen molar-refractivity contribution in [3.63, 3.8) is 0 Å². The summed E-state index contributed by atoms with van der Waals surface area (Å²) in [4.78, 5) is 18.0. The van der Waals surface area contributed by atoms with E-state index in [4.69, 9.17) is 5.26 Å². The van der Waals surface area contributed by atoms with E-state index < -0.39 is 0 Å². The number of carbonyl (C=O) groups is 1. The van der Waals surface area contributed by atoms with Crippen LogP contribution in [0.5, 0.6) is 0 Å². The number of nitrogens with one attached hydrogen (secondary N) is 2. The number of amides is 2. The number of pyridine rings is 1. The van der Waals surface area contributed by atoms with E-state index in [1.165, 1.54) is 0 Å². The molecule has 1 aliphatic rings. The van der Waals surface area contributed by atoms with Crippen molar-refractivity contribution < 1.29 is 4.79 Å². The van der Waals surface area contributed by atoms with Gasteiger partial charge in [0.1, 0.15) is 11.9 Å². The van der Waals surface area contributed by atoms with Crippen LogP contribution >= 0.6 is 0 Å². The summed E-state index contributed by atoms with van der Waals surface area (Å²) < 4.78 is 0. The van der Waals surface area contributed by atoms with Gasteiger partial charge < -0.3 is 15.5 Å². The Morgan fingerprint density at radius 2 is 2.29 bits per heavy atom. The van der Waals surface area contributed by atoms with Crippen LogP contribution in [-0.2, 0) is 0 Å². The van der Waals surface area contributed by atoms with Crippen molar-refractivity contribution in [3.05, 3.63) is 36.5 Å². The number of rotatable bonds is 4. The number of carbonyl (C=O) groups excluding carboxylic acids is 1. The average Bonchev–Trinajstić information content (AvgIpc) is 2.54. The molecule has 1 fully saturated rings. The lowest BCUT2D eigenvalue weighted by Crippen LogP contribution is -2.48. The quantitative estimate of drug-likeness (QED) is 0.820. The van der Waals surface area contributed by atoms with Gasteiger partial charge >= 0.3 is 6.03 Å². The van der Waals surface area contributed by atoms with Crippen LogP contribution in [0.2, 0.25) is 0 Å². The Bertz CT molecular complexity index is 526. The minimum Gasteiger partial charge on any atom is -0.356 e. The molecule has 0 aliphatic carbocycles. The number of nitriles is 1. The molecule has 0 atom stereocenters. The second-order valence-corrected chi connectivity index (χ2v) is 4.92. The van der Waals surface area contributed by atoms with Crippen LogP contribution in [-0.4, -0.2) is 36.7 Å². The van der Waals surface area contributed by atoms with E-state index in [-0.39, 0.29) is 12.1 Å². The molecule has 0 radical (unpaired) electrons. The maximum atomic E-state index is 11.6. The molecule has 0 saturated carbocycles. The molecule has 6 heteroatoms. The monoisotopic (exact) mass is 285 g/mol. The maximum absolute atomic E-state index is 11.6. The van der Waals surface area contributed by atoms with E-state index in [1.807, 2.05) is 6.07 Å². The third-order valence-electron chi connectivity index (χ3n) is 3.44. The average molecular weight is 285 g/mol. The second-order valence-electron chi connectivity index (χ2n) is 4.92. The summed E-state index contributed by atoms with van der Waals surface area (Å²) in [5.74, 6) is 0.878. The van der Waals surface area contributed by atoms with Crippen LogP contribution in [0.3, 0.4) is 0 Å². The Morgan fingerprint density at radius 3 is 2.86 bits per heavy atom. The molecule has 2 N–H and O–H groups in total. The SMILES string of the molecule is C=CCNC(=O)NC1CCN(c2ccc(C#N)cn2)CC1. The van der Waals surface area contributed by atoms with Crippen LogP contribution in [0.4, 0.5) is 10.6 Å². The number of urea groups is 1. The number of hydrogen-bond acceptors (Lipinski definition) is 4. The van der Waals surface area contributed by atoms with Crippen LogP contribution < -0.4 is 15.5 Å². The van der Waals surface area contributed by atoms with Gasteiger partial charge in [0.15, 0.2) is 0 Å². The van der Waals surface area contributed by atoms with Gasteiger partial charge in [-0.2, -0.15) is 5.26 Å². The molecule has 2 heterocycles.